The molecule has 1 amide bonds. The van der Waals surface area contributed by atoms with Crippen LogP contribution < -0.4 is 5.32 Å². The van der Waals surface area contributed by atoms with E-state index in [1.54, 1.807) is 0 Å². The predicted molar refractivity (Wildman–Crippen MR) is 89.0 cm³/mol. The Bertz CT molecular complexity index is 946. The summed E-state index contributed by atoms with van der Waals surface area (Å²) in [5.74, 6) is -4.85. The van der Waals surface area contributed by atoms with E-state index < -0.39 is 57.9 Å². The molecule has 0 unspecified atom stereocenters. The van der Waals surface area contributed by atoms with E-state index in [0.29, 0.717) is 6.07 Å². The largest absolute Gasteiger partial charge is 0.456 e. The average Bonchev–Trinajstić information content (AvgIpc) is 2.61. The van der Waals surface area contributed by atoms with Crippen LogP contribution in [0.4, 0.5) is 18.9 Å². The molecule has 0 atom stereocenters. The second-order valence-corrected chi connectivity index (χ2v) is 7.46. The summed E-state index contributed by atoms with van der Waals surface area (Å²) in [5, 5.41) is 2.08. The zero-order valence-electron chi connectivity index (χ0n) is 13.7. The standard InChI is InChI=1S/C17H14F3NO5S/c18-11-1-4-13(5-2-11)27(24,25)8-7-17(23)26-10-16(22)21-15-6-3-12(19)9-14(15)20/h1-6,9H,7-8,10H2,(H,21,22). The Labute approximate surface area is 152 Å². The van der Waals surface area contributed by atoms with E-state index in [1.807, 2.05) is 0 Å². The Morgan fingerprint density at radius 1 is 0.963 bits per heavy atom. The number of carbonyl (C=O) groups is 2. The zero-order valence-corrected chi connectivity index (χ0v) is 14.6. The van der Waals surface area contributed by atoms with Crippen LogP contribution >= 0.6 is 0 Å². The van der Waals surface area contributed by atoms with Crippen LogP contribution in [0, 0.1) is 17.5 Å². The highest BCUT2D eigenvalue weighted by molar-refractivity contribution is 7.91. The van der Waals surface area contributed by atoms with Gasteiger partial charge in [-0.25, -0.2) is 21.6 Å². The Morgan fingerprint density at radius 3 is 2.22 bits per heavy atom. The second kappa shape index (κ2) is 8.67. The fourth-order valence-corrected chi connectivity index (χ4v) is 3.19. The number of hydrogen-bond donors (Lipinski definition) is 1. The molecule has 0 radical (unpaired) electrons. The van der Waals surface area contributed by atoms with Gasteiger partial charge in [-0.1, -0.05) is 0 Å². The fourth-order valence-electron chi connectivity index (χ4n) is 1.97. The Kier molecular flexibility index (Phi) is 6.56. The molecule has 0 saturated heterocycles. The van der Waals surface area contributed by atoms with Crippen molar-refractivity contribution in [2.75, 3.05) is 17.7 Å². The van der Waals surface area contributed by atoms with Gasteiger partial charge in [-0.3, -0.25) is 9.59 Å². The number of benzene rings is 2. The molecule has 0 aliphatic rings. The van der Waals surface area contributed by atoms with E-state index in [4.69, 9.17) is 0 Å². The summed E-state index contributed by atoms with van der Waals surface area (Å²) >= 11 is 0. The van der Waals surface area contributed by atoms with E-state index in [9.17, 15) is 31.2 Å². The monoisotopic (exact) mass is 401 g/mol. The van der Waals surface area contributed by atoms with Crippen LogP contribution in [0.2, 0.25) is 0 Å². The summed E-state index contributed by atoms with van der Waals surface area (Å²) in [6.07, 6.45) is -0.530. The van der Waals surface area contributed by atoms with Gasteiger partial charge in [0, 0.05) is 6.07 Å². The second-order valence-electron chi connectivity index (χ2n) is 5.36. The first-order chi connectivity index (χ1) is 12.7. The molecule has 0 bridgehead atoms. The molecule has 0 aliphatic carbocycles. The lowest BCUT2D eigenvalue weighted by Gasteiger charge is -2.08. The number of nitrogens with one attached hydrogen (secondary N) is 1. The normalized spacial score (nSPS) is 11.1. The summed E-state index contributed by atoms with van der Waals surface area (Å²) in [6, 6.07) is 6.60. The quantitative estimate of drug-likeness (QED) is 0.569. The molecule has 0 heterocycles. The lowest BCUT2D eigenvalue weighted by Crippen LogP contribution is -2.22. The third-order valence-corrected chi connectivity index (χ3v) is 5.05. The maximum Gasteiger partial charge on any atom is 0.307 e. The molecule has 0 aromatic heterocycles. The fraction of sp³-hybridized carbons (Fsp3) is 0.176. The van der Waals surface area contributed by atoms with Gasteiger partial charge in [0.2, 0.25) is 0 Å². The third-order valence-electron chi connectivity index (χ3n) is 3.32. The number of rotatable bonds is 7. The first-order valence-corrected chi connectivity index (χ1v) is 9.21. The summed E-state index contributed by atoms with van der Waals surface area (Å²) in [4.78, 5) is 23.0. The molecule has 2 aromatic rings. The van der Waals surface area contributed by atoms with Gasteiger partial charge in [0.15, 0.2) is 16.4 Å². The summed E-state index contributed by atoms with van der Waals surface area (Å²) in [5.41, 5.74) is -0.295. The van der Waals surface area contributed by atoms with Crippen molar-refractivity contribution in [3.05, 3.63) is 59.9 Å². The molecule has 0 saturated carbocycles. The summed E-state index contributed by atoms with van der Waals surface area (Å²) in [6.45, 7) is -0.772. The predicted octanol–water partition coefficient (Wildman–Crippen LogP) is 2.45. The van der Waals surface area contributed by atoms with Crippen molar-refractivity contribution in [2.45, 2.75) is 11.3 Å². The molecule has 0 spiro atoms. The topological polar surface area (TPSA) is 89.5 Å². The number of halogens is 3. The number of amides is 1. The van der Waals surface area contributed by atoms with Crippen LogP contribution in [0.5, 0.6) is 0 Å². The average molecular weight is 401 g/mol. The van der Waals surface area contributed by atoms with Crippen LogP contribution in [0.1, 0.15) is 6.42 Å². The Hall–Kier alpha value is -2.88. The Balaban J connectivity index is 1.81. The maximum atomic E-state index is 13.4. The van der Waals surface area contributed by atoms with Gasteiger partial charge >= 0.3 is 5.97 Å². The van der Waals surface area contributed by atoms with E-state index in [-0.39, 0.29) is 10.6 Å². The molecule has 10 heteroatoms. The number of carbonyl (C=O) groups excluding carboxylic acids is 2. The number of sulfone groups is 1. The van der Waals surface area contributed by atoms with Crippen molar-refractivity contribution >= 4 is 27.4 Å². The van der Waals surface area contributed by atoms with Crippen LogP contribution in [0.25, 0.3) is 0 Å². The van der Waals surface area contributed by atoms with E-state index >= 15 is 0 Å². The molecule has 0 aliphatic heterocycles. The van der Waals surface area contributed by atoms with Crippen molar-refractivity contribution in [3.8, 4) is 0 Å². The van der Waals surface area contributed by atoms with E-state index in [2.05, 4.69) is 10.1 Å². The van der Waals surface area contributed by atoms with Gasteiger partial charge in [0.25, 0.3) is 5.91 Å². The van der Waals surface area contributed by atoms with Gasteiger partial charge in [0.05, 0.1) is 22.8 Å². The highest BCUT2D eigenvalue weighted by Crippen LogP contribution is 2.15. The molecular formula is C17H14F3NO5S. The Morgan fingerprint density at radius 2 is 1.59 bits per heavy atom. The minimum atomic E-state index is -3.82. The number of esters is 1. The summed E-state index contributed by atoms with van der Waals surface area (Å²) in [7, 11) is -3.82. The first-order valence-electron chi connectivity index (χ1n) is 7.56. The number of ether oxygens (including phenoxy) is 1. The first kappa shape index (κ1) is 20.4. The molecule has 6 nitrogen and oxygen atoms in total. The zero-order chi connectivity index (χ0) is 20.0. The molecule has 144 valence electrons. The van der Waals surface area contributed by atoms with E-state index in [0.717, 1.165) is 36.4 Å². The SMILES string of the molecule is O=C(COC(=O)CCS(=O)(=O)c1ccc(F)cc1)Nc1ccc(F)cc1F. The smallest absolute Gasteiger partial charge is 0.307 e. The highest BCUT2D eigenvalue weighted by atomic mass is 32.2. The molecule has 0 fully saturated rings. The van der Waals surface area contributed by atoms with Crippen LogP contribution in [0.3, 0.4) is 0 Å². The number of anilines is 1. The van der Waals surface area contributed by atoms with Gasteiger partial charge in [-0.05, 0) is 36.4 Å². The molecule has 1 N–H and O–H groups in total. The van der Waals surface area contributed by atoms with Gasteiger partial charge in [-0.15, -0.1) is 0 Å². The molecule has 2 rings (SSSR count). The molecular weight excluding hydrogens is 387 g/mol. The summed E-state index contributed by atoms with van der Waals surface area (Å²) < 4.78 is 67.6. The van der Waals surface area contributed by atoms with Crippen molar-refractivity contribution in [1.29, 1.82) is 0 Å². The van der Waals surface area contributed by atoms with Crippen molar-refractivity contribution < 1.29 is 35.9 Å². The minimum absolute atomic E-state index is 0.152. The molecule has 27 heavy (non-hydrogen) atoms. The van der Waals surface area contributed by atoms with Gasteiger partial charge in [0.1, 0.15) is 17.5 Å². The van der Waals surface area contributed by atoms with Crippen molar-refractivity contribution in [1.82, 2.24) is 0 Å². The van der Waals surface area contributed by atoms with Crippen molar-refractivity contribution in [3.63, 3.8) is 0 Å². The minimum Gasteiger partial charge on any atom is -0.456 e. The van der Waals surface area contributed by atoms with Crippen molar-refractivity contribution in [2.24, 2.45) is 0 Å². The lowest BCUT2D eigenvalue weighted by atomic mass is 10.3. The third kappa shape index (κ3) is 6.10. The number of hydrogen-bond acceptors (Lipinski definition) is 5. The lowest BCUT2D eigenvalue weighted by molar-refractivity contribution is -0.146. The van der Waals surface area contributed by atoms with Crippen LogP contribution in [-0.2, 0) is 24.2 Å². The van der Waals surface area contributed by atoms with Gasteiger partial charge in [-0.2, -0.15) is 0 Å². The van der Waals surface area contributed by atoms with Crippen LogP contribution in [0.15, 0.2) is 47.4 Å². The van der Waals surface area contributed by atoms with E-state index in [1.165, 1.54) is 0 Å². The van der Waals surface area contributed by atoms with Crippen LogP contribution in [-0.4, -0.2) is 32.7 Å². The van der Waals surface area contributed by atoms with Gasteiger partial charge < -0.3 is 10.1 Å². The highest BCUT2D eigenvalue weighted by Gasteiger charge is 2.18. The molecule has 2 aromatic carbocycles. The maximum absolute atomic E-state index is 13.4.